The summed E-state index contributed by atoms with van der Waals surface area (Å²) in [6.07, 6.45) is 1.54. The Labute approximate surface area is 124 Å². The third kappa shape index (κ3) is 2.84. The molecule has 94 valence electrons. The summed E-state index contributed by atoms with van der Waals surface area (Å²) >= 11 is 2.27. The maximum atomic E-state index is 5.81. The van der Waals surface area contributed by atoms with Crippen LogP contribution in [0.15, 0.2) is 54.9 Å². The molecule has 0 N–H and O–H groups in total. The topological polar surface area (TPSA) is 35.0 Å². The highest BCUT2D eigenvalue weighted by Crippen LogP contribution is 2.23. The predicted octanol–water partition coefficient (Wildman–Crippen LogP) is 3.81. The Hall–Kier alpha value is -1.69. The van der Waals surface area contributed by atoms with Gasteiger partial charge in [-0.3, -0.25) is 0 Å². The Morgan fingerprint density at radius 3 is 2.68 bits per heavy atom. The first-order chi connectivity index (χ1) is 9.33. The molecule has 19 heavy (non-hydrogen) atoms. The first-order valence-corrected chi connectivity index (χ1v) is 6.98. The summed E-state index contributed by atoms with van der Waals surface area (Å²) in [5.74, 6) is 0.632. The second-order valence-corrected chi connectivity index (χ2v) is 5.36. The van der Waals surface area contributed by atoms with E-state index in [2.05, 4.69) is 32.6 Å². The van der Waals surface area contributed by atoms with Crippen LogP contribution in [-0.4, -0.2) is 9.97 Å². The zero-order valence-electron chi connectivity index (χ0n) is 10.1. The number of hydrogen-bond donors (Lipinski definition) is 0. The Bertz CT molecular complexity index is 701. The lowest BCUT2D eigenvalue weighted by Gasteiger charge is -2.08. The third-order valence-electron chi connectivity index (χ3n) is 2.78. The van der Waals surface area contributed by atoms with Crippen LogP contribution in [0, 0.1) is 3.57 Å². The maximum Gasteiger partial charge on any atom is 0.224 e. The third-order valence-corrected chi connectivity index (χ3v) is 3.45. The number of halogens is 1. The second kappa shape index (κ2) is 5.52. The van der Waals surface area contributed by atoms with Gasteiger partial charge < -0.3 is 4.74 Å². The Morgan fingerprint density at radius 2 is 1.84 bits per heavy atom. The SMILES string of the molecule is Ic1ccc2ncnc(OCc3ccccc3)c2c1. The number of benzene rings is 2. The molecule has 0 atom stereocenters. The predicted molar refractivity (Wildman–Crippen MR) is 83.0 cm³/mol. The molecule has 0 saturated carbocycles. The molecule has 1 heterocycles. The van der Waals surface area contributed by atoms with E-state index in [9.17, 15) is 0 Å². The standard InChI is InChI=1S/C15H11IN2O/c16-12-6-7-14-13(8-12)15(18-10-17-14)19-9-11-4-2-1-3-5-11/h1-8,10H,9H2. The van der Waals surface area contributed by atoms with Crippen molar-refractivity contribution < 1.29 is 4.74 Å². The van der Waals surface area contributed by atoms with Gasteiger partial charge in [-0.1, -0.05) is 30.3 Å². The smallest absolute Gasteiger partial charge is 0.224 e. The molecule has 0 aliphatic heterocycles. The molecular formula is C15H11IN2O. The van der Waals surface area contributed by atoms with E-state index in [4.69, 9.17) is 4.74 Å². The molecular weight excluding hydrogens is 351 g/mol. The van der Waals surface area contributed by atoms with E-state index in [1.807, 2.05) is 48.5 Å². The molecule has 0 aliphatic rings. The number of nitrogens with zero attached hydrogens (tertiary/aromatic N) is 2. The Morgan fingerprint density at radius 1 is 1.00 bits per heavy atom. The maximum absolute atomic E-state index is 5.81. The molecule has 2 aromatic carbocycles. The summed E-state index contributed by atoms with van der Waals surface area (Å²) < 4.78 is 6.95. The minimum Gasteiger partial charge on any atom is -0.472 e. The minimum atomic E-state index is 0.512. The van der Waals surface area contributed by atoms with Crippen LogP contribution in [0.5, 0.6) is 5.88 Å². The van der Waals surface area contributed by atoms with Crippen LogP contribution >= 0.6 is 22.6 Å². The number of hydrogen-bond acceptors (Lipinski definition) is 3. The van der Waals surface area contributed by atoms with E-state index in [0.717, 1.165) is 20.0 Å². The van der Waals surface area contributed by atoms with Crippen LogP contribution in [0.2, 0.25) is 0 Å². The lowest BCUT2D eigenvalue weighted by Crippen LogP contribution is -1.98. The van der Waals surface area contributed by atoms with Gasteiger partial charge in [-0.05, 0) is 46.4 Å². The van der Waals surface area contributed by atoms with Crippen LogP contribution in [0.1, 0.15) is 5.56 Å². The average molecular weight is 362 g/mol. The van der Waals surface area contributed by atoms with Gasteiger partial charge in [0.15, 0.2) is 0 Å². The molecule has 0 spiro atoms. The number of aromatic nitrogens is 2. The highest BCUT2D eigenvalue weighted by atomic mass is 127. The van der Waals surface area contributed by atoms with Crippen LogP contribution in [0.3, 0.4) is 0 Å². The van der Waals surface area contributed by atoms with Gasteiger partial charge >= 0.3 is 0 Å². The minimum absolute atomic E-state index is 0.512. The van der Waals surface area contributed by atoms with Crippen molar-refractivity contribution in [3.63, 3.8) is 0 Å². The molecule has 3 nitrogen and oxygen atoms in total. The van der Waals surface area contributed by atoms with Gasteiger partial charge in [0, 0.05) is 3.57 Å². The van der Waals surface area contributed by atoms with Crippen molar-refractivity contribution in [1.29, 1.82) is 0 Å². The lowest BCUT2D eigenvalue weighted by molar-refractivity contribution is 0.297. The van der Waals surface area contributed by atoms with Crippen molar-refractivity contribution in [3.05, 3.63) is 64.0 Å². The normalized spacial score (nSPS) is 10.6. The Kier molecular flexibility index (Phi) is 3.59. The molecule has 4 heteroatoms. The second-order valence-electron chi connectivity index (χ2n) is 4.11. The van der Waals surface area contributed by atoms with Crippen LogP contribution in [-0.2, 0) is 6.61 Å². The summed E-state index contributed by atoms with van der Waals surface area (Å²) in [6.45, 7) is 0.512. The average Bonchev–Trinajstić information content (AvgIpc) is 2.46. The van der Waals surface area contributed by atoms with Crippen LogP contribution < -0.4 is 4.74 Å². The number of ether oxygens (including phenoxy) is 1. The van der Waals surface area contributed by atoms with E-state index in [1.54, 1.807) is 0 Å². The van der Waals surface area contributed by atoms with Crippen molar-refractivity contribution in [1.82, 2.24) is 9.97 Å². The molecule has 0 bridgehead atoms. The summed E-state index contributed by atoms with van der Waals surface area (Å²) in [5.41, 5.74) is 2.03. The van der Waals surface area contributed by atoms with Gasteiger partial charge in [0.2, 0.25) is 5.88 Å². The Balaban J connectivity index is 1.90. The van der Waals surface area contributed by atoms with Crippen molar-refractivity contribution >= 4 is 33.5 Å². The number of fused-ring (bicyclic) bond motifs is 1. The number of rotatable bonds is 3. The van der Waals surface area contributed by atoms with Gasteiger partial charge in [-0.15, -0.1) is 0 Å². The van der Waals surface area contributed by atoms with E-state index in [-0.39, 0.29) is 0 Å². The highest BCUT2D eigenvalue weighted by Gasteiger charge is 2.05. The monoisotopic (exact) mass is 362 g/mol. The highest BCUT2D eigenvalue weighted by molar-refractivity contribution is 14.1. The fourth-order valence-corrected chi connectivity index (χ4v) is 2.34. The largest absolute Gasteiger partial charge is 0.472 e. The van der Waals surface area contributed by atoms with Gasteiger partial charge in [-0.2, -0.15) is 0 Å². The molecule has 3 aromatic rings. The molecule has 0 radical (unpaired) electrons. The van der Waals surface area contributed by atoms with E-state index in [1.165, 1.54) is 6.33 Å². The summed E-state index contributed by atoms with van der Waals surface area (Å²) in [5, 5.41) is 0.949. The molecule has 0 amide bonds. The van der Waals surface area contributed by atoms with Gasteiger partial charge in [-0.25, -0.2) is 9.97 Å². The summed E-state index contributed by atoms with van der Waals surface area (Å²) in [4.78, 5) is 8.47. The van der Waals surface area contributed by atoms with Crippen molar-refractivity contribution in [2.24, 2.45) is 0 Å². The summed E-state index contributed by atoms with van der Waals surface area (Å²) in [6, 6.07) is 16.1. The van der Waals surface area contributed by atoms with E-state index < -0.39 is 0 Å². The fourth-order valence-electron chi connectivity index (χ4n) is 1.85. The lowest BCUT2D eigenvalue weighted by atomic mass is 10.2. The molecule has 1 aromatic heterocycles. The van der Waals surface area contributed by atoms with Crippen LogP contribution in [0.25, 0.3) is 10.9 Å². The summed E-state index contributed by atoms with van der Waals surface area (Å²) in [7, 11) is 0. The molecule has 3 rings (SSSR count). The van der Waals surface area contributed by atoms with Crippen molar-refractivity contribution in [2.75, 3.05) is 0 Å². The van der Waals surface area contributed by atoms with E-state index >= 15 is 0 Å². The van der Waals surface area contributed by atoms with Gasteiger partial charge in [0.1, 0.15) is 12.9 Å². The molecule has 0 fully saturated rings. The fraction of sp³-hybridized carbons (Fsp3) is 0.0667. The first kappa shape index (κ1) is 12.3. The van der Waals surface area contributed by atoms with Crippen molar-refractivity contribution in [2.45, 2.75) is 6.61 Å². The zero-order chi connectivity index (χ0) is 13.1. The quantitative estimate of drug-likeness (QED) is 0.665. The van der Waals surface area contributed by atoms with Crippen LogP contribution in [0.4, 0.5) is 0 Å². The van der Waals surface area contributed by atoms with E-state index in [0.29, 0.717) is 12.5 Å². The van der Waals surface area contributed by atoms with Gasteiger partial charge in [0.05, 0.1) is 10.9 Å². The molecule has 0 aliphatic carbocycles. The van der Waals surface area contributed by atoms with Crippen molar-refractivity contribution in [3.8, 4) is 5.88 Å². The van der Waals surface area contributed by atoms with Gasteiger partial charge in [0.25, 0.3) is 0 Å². The molecule has 0 unspecified atom stereocenters. The molecule has 0 saturated heterocycles. The first-order valence-electron chi connectivity index (χ1n) is 5.90. The zero-order valence-corrected chi connectivity index (χ0v) is 12.2.